The van der Waals surface area contributed by atoms with Crippen LogP contribution in [0.25, 0.3) is 0 Å². The zero-order valence-electron chi connectivity index (χ0n) is 19.9. The number of halogens is 5. The second-order valence-corrected chi connectivity index (χ2v) is 8.40. The fraction of sp³-hybridized carbons (Fsp3) is 0.476. The van der Waals surface area contributed by atoms with E-state index in [1.54, 1.807) is 22.9 Å². The van der Waals surface area contributed by atoms with Gasteiger partial charge in [0.05, 0.1) is 31.0 Å². The molecule has 2 aromatic rings. The molecule has 0 aliphatic carbocycles. The first kappa shape index (κ1) is 28.5. The average molecular weight is 549 g/mol. The van der Waals surface area contributed by atoms with Gasteiger partial charge in [-0.3, -0.25) is 9.69 Å². The number of cyclic esters (lactones) is 1. The number of ether oxygens (including phenoxy) is 1. The van der Waals surface area contributed by atoms with Gasteiger partial charge >= 0.3 is 18.2 Å². The minimum Gasteiger partial charge on any atom is -0.475 e. The number of piperazine rings is 1. The van der Waals surface area contributed by atoms with Crippen molar-refractivity contribution >= 4 is 29.3 Å². The molecule has 1 aromatic heterocycles. The first-order chi connectivity index (χ1) is 17.8. The van der Waals surface area contributed by atoms with E-state index in [2.05, 4.69) is 10.3 Å². The lowest BCUT2D eigenvalue weighted by atomic mass is 10.2. The molecule has 2 aliphatic rings. The van der Waals surface area contributed by atoms with Crippen LogP contribution in [0.5, 0.6) is 0 Å². The molecule has 0 saturated carbocycles. The third-order valence-corrected chi connectivity index (χ3v) is 5.59. The fourth-order valence-corrected chi connectivity index (χ4v) is 3.81. The Hall–Kier alpha value is -4.02. The predicted octanol–water partition coefficient (Wildman–Crippen LogP) is 1.21. The third kappa shape index (κ3) is 6.84. The molecule has 4 rings (SSSR count). The normalized spacial score (nSPS) is 18.6. The second-order valence-electron chi connectivity index (χ2n) is 8.40. The van der Waals surface area contributed by atoms with Gasteiger partial charge in [-0.15, -0.1) is 5.10 Å². The Morgan fingerprint density at radius 1 is 1.18 bits per heavy atom. The number of anilines is 2. The van der Waals surface area contributed by atoms with Gasteiger partial charge in [0.25, 0.3) is 0 Å². The maximum Gasteiger partial charge on any atom is 0.490 e. The highest BCUT2D eigenvalue weighted by Crippen LogP contribution is 2.31. The molecule has 0 radical (unpaired) electrons. The number of nitrogens with zero attached hydrogens (tertiary/aromatic N) is 6. The maximum absolute atomic E-state index is 14.9. The van der Waals surface area contributed by atoms with Crippen molar-refractivity contribution in [1.29, 1.82) is 0 Å². The van der Waals surface area contributed by atoms with Crippen molar-refractivity contribution in [2.75, 3.05) is 42.5 Å². The van der Waals surface area contributed by atoms with Gasteiger partial charge < -0.3 is 25.4 Å². The average Bonchev–Trinajstić information content (AvgIpc) is 3.47. The summed E-state index contributed by atoms with van der Waals surface area (Å²) >= 11 is 0. The third-order valence-electron chi connectivity index (χ3n) is 5.59. The van der Waals surface area contributed by atoms with Gasteiger partial charge in [0.2, 0.25) is 5.91 Å². The van der Waals surface area contributed by atoms with E-state index in [4.69, 9.17) is 20.4 Å². The van der Waals surface area contributed by atoms with Crippen LogP contribution >= 0.6 is 0 Å². The summed E-state index contributed by atoms with van der Waals surface area (Å²) in [6.45, 7) is 3.22. The molecule has 2 atom stereocenters. The Morgan fingerprint density at radius 3 is 2.24 bits per heavy atom. The monoisotopic (exact) mass is 549 g/mol. The Kier molecular flexibility index (Phi) is 8.70. The molecule has 0 spiro atoms. The van der Waals surface area contributed by atoms with Gasteiger partial charge in [0.1, 0.15) is 11.8 Å². The molecule has 2 amide bonds. The number of hydrogen-bond donors (Lipinski definition) is 2. The van der Waals surface area contributed by atoms with Crippen molar-refractivity contribution in [2.45, 2.75) is 31.8 Å². The standard InChI is InChI=1S/C19H23F2N7O3.C2HF3O2/c1-12(22)18(29)26-6-4-25(5-7-26)17-15(20)8-13(9-16(17)21)28-11-14(31-19(28)30)10-27-3-2-23-24-27;3-2(4,5)1(6)7/h2-3,8-9,12,14H,4-7,10-11,22H2,1H3;(H,6,7)/t12-,14-;/m0./s1. The number of benzene rings is 1. The Labute approximate surface area is 212 Å². The van der Waals surface area contributed by atoms with Crippen LogP contribution in [0, 0.1) is 11.6 Å². The summed E-state index contributed by atoms with van der Waals surface area (Å²) < 4.78 is 68.3. The Morgan fingerprint density at radius 2 is 1.76 bits per heavy atom. The minimum absolute atomic E-state index is 0.0793. The molecule has 2 fully saturated rings. The molecule has 2 aliphatic heterocycles. The van der Waals surface area contributed by atoms with Gasteiger partial charge in [0.15, 0.2) is 11.6 Å². The van der Waals surface area contributed by atoms with E-state index in [9.17, 15) is 31.5 Å². The highest BCUT2D eigenvalue weighted by Gasteiger charge is 2.38. The van der Waals surface area contributed by atoms with Crippen molar-refractivity contribution < 1.29 is 46.2 Å². The molecule has 38 heavy (non-hydrogen) atoms. The van der Waals surface area contributed by atoms with Gasteiger partial charge in [-0.2, -0.15) is 13.2 Å². The smallest absolute Gasteiger partial charge is 0.475 e. The number of nitrogens with two attached hydrogens (primary N) is 1. The molecule has 0 unspecified atom stereocenters. The van der Waals surface area contributed by atoms with E-state index in [-0.39, 0.29) is 43.5 Å². The number of carbonyl (C=O) groups is 3. The van der Waals surface area contributed by atoms with Crippen molar-refractivity contribution in [3.63, 3.8) is 0 Å². The number of carbonyl (C=O) groups excluding carboxylic acids is 2. The van der Waals surface area contributed by atoms with Gasteiger partial charge in [0, 0.05) is 44.5 Å². The molecule has 17 heteroatoms. The lowest BCUT2D eigenvalue weighted by Gasteiger charge is -2.37. The summed E-state index contributed by atoms with van der Waals surface area (Å²) in [5, 5.41) is 14.6. The zero-order chi connectivity index (χ0) is 28.2. The first-order valence-electron chi connectivity index (χ1n) is 11.2. The number of aromatic nitrogens is 3. The van der Waals surface area contributed by atoms with Crippen LogP contribution in [0.3, 0.4) is 0 Å². The van der Waals surface area contributed by atoms with Crippen molar-refractivity contribution in [2.24, 2.45) is 5.73 Å². The van der Waals surface area contributed by atoms with Gasteiger partial charge in [-0.25, -0.2) is 23.1 Å². The molecule has 3 heterocycles. The van der Waals surface area contributed by atoms with Crippen LogP contribution in [0.2, 0.25) is 0 Å². The topological polar surface area (TPSA) is 147 Å². The minimum atomic E-state index is -5.08. The van der Waals surface area contributed by atoms with Crippen LogP contribution in [0.4, 0.5) is 38.1 Å². The summed E-state index contributed by atoms with van der Waals surface area (Å²) in [6.07, 6.45) is -3.15. The molecule has 1 aromatic carbocycles. The number of aliphatic carboxylic acids is 1. The Balaban J connectivity index is 0.000000505. The molecule has 208 valence electrons. The SMILES string of the molecule is C[C@H](N)C(=O)N1CCN(c2c(F)cc(N3C[C@H](Cn4ccnn4)OC3=O)cc2F)CC1.O=C(O)C(F)(F)F. The van der Waals surface area contributed by atoms with E-state index in [1.807, 2.05) is 0 Å². The summed E-state index contributed by atoms with van der Waals surface area (Å²) in [4.78, 5) is 37.5. The molecular formula is C21H24F5N7O5. The van der Waals surface area contributed by atoms with Crippen molar-refractivity contribution in [3.8, 4) is 0 Å². The predicted molar refractivity (Wildman–Crippen MR) is 120 cm³/mol. The molecule has 12 nitrogen and oxygen atoms in total. The molecule has 0 bridgehead atoms. The number of carboxylic acids is 1. The summed E-state index contributed by atoms with van der Waals surface area (Å²) in [7, 11) is 0. The summed E-state index contributed by atoms with van der Waals surface area (Å²) in [5.41, 5.74) is 5.52. The molecule has 3 N–H and O–H groups in total. The van der Waals surface area contributed by atoms with E-state index in [0.29, 0.717) is 13.1 Å². The molecular weight excluding hydrogens is 525 g/mol. The van der Waals surface area contributed by atoms with Crippen molar-refractivity contribution in [3.05, 3.63) is 36.2 Å². The quantitative estimate of drug-likeness (QED) is 0.526. The lowest BCUT2D eigenvalue weighted by molar-refractivity contribution is -0.192. The number of carboxylic acid groups (broad SMARTS) is 1. The number of rotatable bonds is 5. The van der Waals surface area contributed by atoms with Crippen LogP contribution in [-0.2, 0) is 20.9 Å². The largest absolute Gasteiger partial charge is 0.490 e. The zero-order valence-corrected chi connectivity index (χ0v) is 19.9. The second kappa shape index (κ2) is 11.6. The Bertz CT molecular complexity index is 1130. The summed E-state index contributed by atoms with van der Waals surface area (Å²) in [5.74, 6) is -4.51. The number of hydrogen-bond acceptors (Lipinski definition) is 8. The van der Waals surface area contributed by atoms with E-state index in [0.717, 1.165) is 12.1 Å². The van der Waals surface area contributed by atoms with Crippen LogP contribution in [-0.4, -0.2) is 94.0 Å². The number of alkyl halides is 3. The molecule has 2 saturated heterocycles. The summed E-state index contributed by atoms with van der Waals surface area (Å²) in [6, 6.07) is 1.63. The van der Waals surface area contributed by atoms with E-state index < -0.39 is 42.0 Å². The number of amides is 2. The highest BCUT2D eigenvalue weighted by atomic mass is 19.4. The fourth-order valence-electron chi connectivity index (χ4n) is 3.81. The maximum atomic E-state index is 14.9. The van der Waals surface area contributed by atoms with Crippen molar-refractivity contribution in [1.82, 2.24) is 19.9 Å². The van der Waals surface area contributed by atoms with E-state index in [1.165, 1.54) is 15.8 Å². The van der Waals surface area contributed by atoms with Crippen LogP contribution in [0.1, 0.15) is 6.92 Å². The lowest BCUT2D eigenvalue weighted by Crippen LogP contribution is -2.52. The van der Waals surface area contributed by atoms with Gasteiger partial charge in [-0.1, -0.05) is 5.21 Å². The van der Waals surface area contributed by atoms with Gasteiger partial charge in [-0.05, 0) is 6.92 Å². The highest BCUT2D eigenvalue weighted by molar-refractivity contribution is 5.90. The van der Waals surface area contributed by atoms with Crippen LogP contribution in [0.15, 0.2) is 24.5 Å². The first-order valence-corrected chi connectivity index (χ1v) is 11.2. The van der Waals surface area contributed by atoms with E-state index >= 15 is 0 Å². The van der Waals surface area contributed by atoms with Crippen LogP contribution < -0.4 is 15.5 Å².